The fraction of sp³-hybridized carbons (Fsp3) is 0.571. The highest BCUT2D eigenvalue weighted by Gasteiger charge is 2.26. The number of hydrogen-bond acceptors (Lipinski definition) is 3. The van der Waals surface area contributed by atoms with Crippen molar-refractivity contribution < 1.29 is 8.42 Å². The summed E-state index contributed by atoms with van der Waals surface area (Å²) in [7, 11) is -3.51. The molecule has 0 amide bonds. The highest BCUT2D eigenvalue weighted by molar-refractivity contribution is 7.89. The fourth-order valence-electron chi connectivity index (χ4n) is 2.86. The SMILES string of the molecule is Cc1cccc(N)c1S(=O)(=O)NCC1CCCC1C. The van der Waals surface area contributed by atoms with E-state index < -0.39 is 10.0 Å². The fourth-order valence-corrected chi connectivity index (χ4v) is 4.30. The molecule has 19 heavy (non-hydrogen) atoms. The largest absolute Gasteiger partial charge is 0.398 e. The van der Waals surface area contributed by atoms with Gasteiger partial charge in [0.15, 0.2) is 0 Å². The van der Waals surface area contributed by atoms with Crippen molar-refractivity contribution in [2.75, 3.05) is 12.3 Å². The van der Waals surface area contributed by atoms with E-state index in [1.54, 1.807) is 25.1 Å². The maximum Gasteiger partial charge on any atom is 0.242 e. The summed E-state index contributed by atoms with van der Waals surface area (Å²) in [6.45, 7) is 4.47. The molecule has 4 nitrogen and oxygen atoms in total. The topological polar surface area (TPSA) is 72.2 Å². The molecule has 0 aliphatic heterocycles. The van der Waals surface area contributed by atoms with Crippen LogP contribution in [0.25, 0.3) is 0 Å². The van der Waals surface area contributed by atoms with Crippen molar-refractivity contribution in [1.82, 2.24) is 4.72 Å². The Bertz CT molecular complexity index is 534. The monoisotopic (exact) mass is 282 g/mol. The summed E-state index contributed by atoms with van der Waals surface area (Å²) in [6.07, 6.45) is 3.49. The van der Waals surface area contributed by atoms with E-state index in [1.165, 1.54) is 12.8 Å². The lowest BCUT2D eigenvalue weighted by Gasteiger charge is -2.17. The summed E-state index contributed by atoms with van der Waals surface area (Å²) in [5.74, 6) is 1.04. The van der Waals surface area contributed by atoms with Gasteiger partial charge in [0.25, 0.3) is 0 Å². The Labute approximate surface area is 115 Å². The molecule has 2 unspecified atom stereocenters. The smallest absolute Gasteiger partial charge is 0.242 e. The summed E-state index contributed by atoms with van der Waals surface area (Å²) >= 11 is 0. The molecule has 1 fully saturated rings. The van der Waals surface area contributed by atoms with Gasteiger partial charge < -0.3 is 5.73 Å². The van der Waals surface area contributed by atoms with Crippen LogP contribution in [0, 0.1) is 18.8 Å². The van der Waals surface area contributed by atoms with Crippen molar-refractivity contribution >= 4 is 15.7 Å². The first-order valence-corrected chi connectivity index (χ1v) is 8.25. The number of nitrogens with two attached hydrogens (primary N) is 1. The van der Waals surface area contributed by atoms with Crippen LogP contribution in [0.5, 0.6) is 0 Å². The Hall–Kier alpha value is -1.07. The van der Waals surface area contributed by atoms with Crippen LogP contribution in [0.4, 0.5) is 5.69 Å². The third kappa shape index (κ3) is 3.09. The van der Waals surface area contributed by atoms with Crippen LogP contribution in [-0.2, 0) is 10.0 Å². The summed E-state index contributed by atoms with van der Waals surface area (Å²) in [5.41, 5.74) is 6.80. The second kappa shape index (κ2) is 5.51. The first-order chi connectivity index (χ1) is 8.92. The minimum absolute atomic E-state index is 0.223. The van der Waals surface area contributed by atoms with Crippen LogP contribution < -0.4 is 10.5 Å². The van der Waals surface area contributed by atoms with Gasteiger partial charge in [-0.25, -0.2) is 13.1 Å². The Morgan fingerprint density at radius 2 is 2.11 bits per heavy atom. The van der Waals surface area contributed by atoms with Gasteiger partial charge in [-0.1, -0.05) is 31.9 Å². The lowest BCUT2D eigenvalue weighted by molar-refractivity contribution is 0.414. The van der Waals surface area contributed by atoms with Gasteiger partial charge in [-0.2, -0.15) is 0 Å². The second-order valence-electron chi connectivity index (χ2n) is 5.51. The standard InChI is InChI=1S/C14H22N2O2S/c1-10-5-3-7-12(10)9-16-19(17,18)14-11(2)6-4-8-13(14)15/h4,6,8,10,12,16H,3,5,7,9,15H2,1-2H3. The predicted molar refractivity (Wildman–Crippen MR) is 77.3 cm³/mol. The minimum atomic E-state index is -3.51. The molecule has 106 valence electrons. The third-order valence-corrected chi connectivity index (χ3v) is 5.73. The number of nitrogens with one attached hydrogen (secondary N) is 1. The van der Waals surface area contributed by atoms with E-state index in [0.29, 0.717) is 29.6 Å². The zero-order valence-electron chi connectivity index (χ0n) is 11.5. The van der Waals surface area contributed by atoms with Crippen LogP contribution in [0.1, 0.15) is 31.7 Å². The number of hydrogen-bond donors (Lipinski definition) is 2. The van der Waals surface area contributed by atoms with E-state index in [4.69, 9.17) is 5.73 Å². The molecule has 1 saturated carbocycles. The van der Waals surface area contributed by atoms with Gasteiger partial charge in [0.1, 0.15) is 4.90 Å². The van der Waals surface area contributed by atoms with E-state index in [2.05, 4.69) is 11.6 Å². The Balaban J connectivity index is 2.14. The molecular weight excluding hydrogens is 260 g/mol. The van der Waals surface area contributed by atoms with E-state index in [1.807, 2.05) is 0 Å². The summed E-state index contributed by atoms with van der Waals surface area (Å²) in [5, 5.41) is 0. The number of benzene rings is 1. The van der Waals surface area contributed by atoms with Crippen LogP contribution in [0.3, 0.4) is 0 Å². The van der Waals surface area contributed by atoms with Crippen LogP contribution in [0.2, 0.25) is 0 Å². The summed E-state index contributed by atoms with van der Waals surface area (Å²) in [6, 6.07) is 5.16. The predicted octanol–water partition coefficient (Wildman–Crippen LogP) is 2.29. The second-order valence-corrected chi connectivity index (χ2v) is 7.22. The molecule has 1 aromatic carbocycles. The molecule has 0 heterocycles. The minimum Gasteiger partial charge on any atom is -0.398 e. The van der Waals surface area contributed by atoms with Gasteiger partial charge in [0.05, 0.1) is 5.69 Å². The number of sulfonamides is 1. The van der Waals surface area contributed by atoms with Gasteiger partial charge in [0, 0.05) is 6.54 Å². The Morgan fingerprint density at radius 3 is 2.68 bits per heavy atom. The average molecular weight is 282 g/mol. The van der Waals surface area contributed by atoms with Crippen molar-refractivity contribution in [2.24, 2.45) is 11.8 Å². The normalized spacial score (nSPS) is 23.7. The highest BCUT2D eigenvalue weighted by Crippen LogP contribution is 2.31. The first kappa shape index (κ1) is 14.3. The molecule has 1 aliphatic carbocycles. The highest BCUT2D eigenvalue weighted by atomic mass is 32.2. The zero-order chi connectivity index (χ0) is 14.0. The molecule has 0 saturated heterocycles. The van der Waals surface area contributed by atoms with E-state index in [9.17, 15) is 8.42 Å². The molecule has 5 heteroatoms. The molecule has 0 radical (unpaired) electrons. The summed E-state index contributed by atoms with van der Waals surface area (Å²) < 4.78 is 27.4. The lowest BCUT2D eigenvalue weighted by atomic mass is 9.99. The molecule has 0 aromatic heterocycles. The van der Waals surface area contributed by atoms with Gasteiger partial charge in [-0.15, -0.1) is 0 Å². The van der Waals surface area contributed by atoms with Gasteiger partial charge >= 0.3 is 0 Å². The van der Waals surface area contributed by atoms with Gasteiger partial charge in [-0.05, 0) is 36.8 Å². The van der Waals surface area contributed by atoms with E-state index in [0.717, 1.165) is 6.42 Å². The maximum absolute atomic E-state index is 12.3. The van der Waals surface area contributed by atoms with Crippen LogP contribution in [-0.4, -0.2) is 15.0 Å². The maximum atomic E-state index is 12.3. The molecule has 2 atom stereocenters. The molecule has 0 spiro atoms. The molecular formula is C14H22N2O2S. The summed E-state index contributed by atoms with van der Waals surface area (Å²) in [4.78, 5) is 0.223. The van der Waals surface area contributed by atoms with Crippen molar-refractivity contribution in [1.29, 1.82) is 0 Å². The Morgan fingerprint density at radius 1 is 1.37 bits per heavy atom. The van der Waals surface area contributed by atoms with Crippen molar-refractivity contribution in [3.05, 3.63) is 23.8 Å². The van der Waals surface area contributed by atoms with Crippen molar-refractivity contribution in [3.63, 3.8) is 0 Å². The molecule has 3 N–H and O–H groups in total. The molecule has 0 bridgehead atoms. The zero-order valence-corrected chi connectivity index (χ0v) is 12.3. The van der Waals surface area contributed by atoms with E-state index in [-0.39, 0.29) is 4.90 Å². The van der Waals surface area contributed by atoms with Crippen molar-refractivity contribution in [3.8, 4) is 0 Å². The Kier molecular flexibility index (Phi) is 4.16. The van der Waals surface area contributed by atoms with E-state index >= 15 is 0 Å². The molecule has 1 aliphatic rings. The van der Waals surface area contributed by atoms with Crippen molar-refractivity contribution in [2.45, 2.75) is 38.0 Å². The van der Waals surface area contributed by atoms with Gasteiger partial charge in [0.2, 0.25) is 10.0 Å². The molecule has 1 aromatic rings. The van der Waals surface area contributed by atoms with Crippen LogP contribution in [0.15, 0.2) is 23.1 Å². The number of aryl methyl sites for hydroxylation is 1. The lowest BCUT2D eigenvalue weighted by Crippen LogP contribution is -2.31. The third-order valence-electron chi connectivity index (χ3n) is 4.09. The number of anilines is 1. The molecule has 2 rings (SSSR count). The van der Waals surface area contributed by atoms with Crippen LogP contribution >= 0.6 is 0 Å². The van der Waals surface area contributed by atoms with Gasteiger partial charge in [-0.3, -0.25) is 0 Å². The quantitative estimate of drug-likeness (QED) is 0.832. The number of rotatable bonds is 4. The first-order valence-electron chi connectivity index (χ1n) is 6.76. The number of nitrogen functional groups attached to an aromatic ring is 1. The average Bonchev–Trinajstić information content (AvgIpc) is 2.72.